The highest BCUT2D eigenvalue weighted by atomic mass is 14.9. The zero-order valence-electron chi connectivity index (χ0n) is 7.64. The third-order valence-corrected chi connectivity index (χ3v) is 3.57. The lowest BCUT2D eigenvalue weighted by Gasteiger charge is -2.45. The van der Waals surface area contributed by atoms with Gasteiger partial charge in [0.25, 0.3) is 0 Å². The maximum absolute atomic E-state index is 3.60. The van der Waals surface area contributed by atoms with E-state index in [1.165, 1.54) is 25.8 Å². The minimum absolute atomic E-state index is 0.868. The van der Waals surface area contributed by atoms with Crippen LogP contribution >= 0.6 is 0 Å². The molecule has 2 saturated heterocycles. The van der Waals surface area contributed by atoms with Gasteiger partial charge in [0, 0.05) is 6.04 Å². The molecule has 0 aromatic rings. The van der Waals surface area contributed by atoms with Gasteiger partial charge in [0.1, 0.15) is 0 Å². The van der Waals surface area contributed by atoms with E-state index in [2.05, 4.69) is 19.2 Å². The Balaban J connectivity index is 2.03. The van der Waals surface area contributed by atoms with E-state index in [0.29, 0.717) is 0 Å². The zero-order valence-corrected chi connectivity index (χ0v) is 7.64. The van der Waals surface area contributed by atoms with Gasteiger partial charge < -0.3 is 5.32 Å². The fourth-order valence-corrected chi connectivity index (χ4v) is 2.84. The van der Waals surface area contributed by atoms with E-state index in [9.17, 15) is 0 Å². The average Bonchev–Trinajstić information content (AvgIpc) is 2.06. The summed E-state index contributed by atoms with van der Waals surface area (Å²) in [6, 6.07) is 0.868. The van der Waals surface area contributed by atoms with Crippen LogP contribution in [0, 0.1) is 17.8 Å². The molecule has 0 amide bonds. The quantitative estimate of drug-likeness (QED) is 0.608. The standard InChI is InChI=1S/C10H19N/c1-7(2)10-5-9-4-3-8(10)6-11-9/h7-11H,3-6H2,1-2H3/t8-,9-,10-/m1/s1. The van der Waals surface area contributed by atoms with Crippen LogP contribution in [0.4, 0.5) is 0 Å². The highest BCUT2D eigenvalue weighted by molar-refractivity contribution is 4.91. The molecule has 1 nitrogen and oxygen atoms in total. The molecule has 0 unspecified atom stereocenters. The van der Waals surface area contributed by atoms with Crippen molar-refractivity contribution < 1.29 is 0 Å². The molecule has 3 fully saturated rings. The van der Waals surface area contributed by atoms with Crippen LogP contribution in [0.1, 0.15) is 33.1 Å². The number of nitrogens with one attached hydrogen (secondary N) is 1. The summed E-state index contributed by atoms with van der Waals surface area (Å²) in [5, 5.41) is 3.60. The van der Waals surface area contributed by atoms with Gasteiger partial charge in [-0.15, -0.1) is 0 Å². The summed E-state index contributed by atoms with van der Waals surface area (Å²) in [4.78, 5) is 0. The van der Waals surface area contributed by atoms with Gasteiger partial charge in [-0.1, -0.05) is 13.8 Å². The van der Waals surface area contributed by atoms with Crippen molar-refractivity contribution >= 4 is 0 Å². The Bertz CT molecular complexity index is 134. The van der Waals surface area contributed by atoms with Crippen molar-refractivity contribution in [3.8, 4) is 0 Å². The van der Waals surface area contributed by atoms with E-state index in [4.69, 9.17) is 0 Å². The second kappa shape index (κ2) is 2.78. The van der Waals surface area contributed by atoms with Gasteiger partial charge in [0.15, 0.2) is 0 Å². The normalized spacial score (nSPS) is 43.4. The molecule has 1 saturated carbocycles. The fraction of sp³-hybridized carbons (Fsp3) is 1.00. The number of rotatable bonds is 1. The Morgan fingerprint density at radius 2 is 2.09 bits per heavy atom. The minimum Gasteiger partial charge on any atom is -0.314 e. The second-order valence-corrected chi connectivity index (χ2v) is 4.59. The molecule has 64 valence electrons. The topological polar surface area (TPSA) is 12.0 Å². The zero-order chi connectivity index (χ0) is 7.84. The molecule has 2 heterocycles. The van der Waals surface area contributed by atoms with Crippen molar-refractivity contribution in [3.05, 3.63) is 0 Å². The van der Waals surface area contributed by atoms with Crippen molar-refractivity contribution in [1.82, 2.24) is 5.32 Å². The first-order valence-electron chi connectivity index (χ1n) is 5.00. The molecule has 1 aliphatic carbocycles. The van der Waals surface area contributed by atoms with Gasteiger partial charge in [0.05, 0.1) is 0 Å². The molecule has 3 atom stereocenters. The van der Waals surface area contributed by atoms with Gasteiger partial charge >= 0.3 is 0 Å². The summed E-state index contributed by atoms with van der Waals surface area (Å²) in [7, 11) is 0. The Labute approximate surface area is 69.6 Å². The summed E-state index contributed by atoms with van der Waals surface area (Å²) in [6.45, 7) is 6.06. The molecule has 11 heavy (non-hydrogen) atoms. The first-order valence-corrected chi connectivity index (χ1v) is 5.00. The largest absolute Gasteiger partial charge is 0.314 e. The molecule has 3 rings (SSSR count). The Hall–Kier alpha value is -0.0400. The lowest BCUT2D eigenvalue weighted by atomic mass is 9.69. The third kappa shape index (κ3) is 1.31. The van der Waals surface area contributed by atoms with Crippen molar-refractivity contribution in [3.63, 3.8) is 0 Å². The minimum atomic E-state index is 0.868. The van der Waals surface area contributed by atoms with E-state index in [0.717, 1.165) is 23.8 Å². The molecule has 0 spiro atoms. The number of hydrogen-bond acceptors (Lipinski definition) is 1. The predicted molar refractivity (Wildman–Crippen MR) is 47.5 cm³/mol. The maximum atomic E-state index is 3.60. The molecule has 2 bridgehead atoms. The van der Waals surface area contributed by atoms with Crippen LogP contribution in [0.5, 0.6) is 0 Å². The van der Waals surface area contributed by atoms with E-state index in [1.807, 2.05) is 0 Å². The van der Waals surface area contributed by atoms with Gasteiger partial charge in [-0.05, 0) is 43.6 Å². The highest BCUT2D eigenvalue weighted by Crippen LogP contribution is 2.38. The van der Waals surface area contributed by atoms with Crippen molar-refractivity contribution in [2.24, 2.45) is 17.8 Å². The van der Waals surface area contributed by atoms with E-state index < -0.39 is 0 Å². The predicted octanol–water partition coefficient (Wildman–Crippen LogP) is 2.03. The van der Waals surface area contributed by atoms with Crippen LogP contribution < -0.4 is 5.32 Å². The highest BCUT2D eigenvalue weighted by Gasteiger charge is 2.36. The van der Waals surface area contributed by atoms with Crippen LogP contribution in [0.2, 0.25) is 0 Å². The maximum Gasteiger partial charge on any atom is 0.00701 e. The molecular weight excluding hydrogens is 134 g/mol. The Morgan fingerprint density at radius 3 is 2.36 bits per heavy atom. The molecular formula is C10H19N. The number of fused-ring (bicyclic) bond motifs is 3. The molecule has 0 aromatic heterocycles. The molecule has 0 radical (unpaired) electrons. The first-order chi connectivity index (χ1) is 5.27. The van der Waals surface area contributed by atoms with Crippen molar-refractivity contribution in [2.75, 3.05) is 6.54 Å². The van der Waals surface area contributed by atoms with Crippen LogP contribution in [0.15, 0.2) is 0 Å². The smallest absolute Gasteiger partial charge is 0.00701 e. The SMILES string of the molecule is CC(C)[C@H]1C[C@H]2CC[C@@H]1CN2. The number of piperidine rings is 2. The lowest BCUT2D eigenvalue weighted by Crippen LogP contribution is -2.50. The summed E-state index contributed by atoms with van der Waals surface area (Å²) < 4.78 is 0. The summed E-state index contributed by atoms with van der Waals surface area (Å²) in [5.41, 5.74) is 0. The second-order valence-electron chi connectivity index (χ2n) is 4.59. The van der Waals surface area contributed by atoms with Gasteiger partial charge in [-0.2, -0.15) is 0 Å². The lowest BCUT2D eigenvalue weighted by molar-refractivity contribution is 0.0969. The van der Waals surface area contributed by atoms with Crippen LogP contribution in [0.3, 0.4) is 0 Å². The average molecular weight is 153 g/mol. The van der Waals surface area contributed by atoms with Crippen LogP contribution in [0.25, 0.3) is 0 Å². The summed E-state index contributed by atoms with van der Waals surface area (Å²) in [6.07, 6.45) is 4.37. The van der Waals surface area contributed by atoms with Crippen LogP contribution in [-0.2, 0) is 0 Å². The summed E-state index contributed by atoms with van der Waals surface area (Å²) in [5.74, 6) is 2.93. The van der Waals surface area contributed by atoms with E-state index >= 15 is 0 Å². The Kier molecular flexibility index (Phi) is 1.92. The van der Waals surface area contributed by atoms with Gasteiger partial charge in [0.2, 0.25) is 0 Å². The third-order valence-electron chi connectivity index (χ3n) is 3.57. The molecule has 1 heteroatoms. The Morgan fingerprint density at radius 1 is 1.27 bits per heavy atom. The van der Waals surface area contributed by atoms with Crippen molar-refractivity contribution in [1.29, 1.82) is 0 Å². The van der Waals surface area contributed by atoms with Crippen molar-refractivity contribution in [2.45, 2.75) is 39.2 Å². The van der Waals surface area contributed by atoms with Gasteiger partial charge in [-0.25, -0.2) is 0 Å². The van der Waals surface area contributed by atoms with Gasteiger partial charge in [-0.3, -0.25) is 0 Å². The summed E-state index contributed by atoms with van der Waals surface area (Å²) >= 11 is 0. The molecule has 2 aliphatic heterocycles. The molecule has 1 N–H and O–H groups in total. The van der Waals surface area contributed by atoms with E-state index in [1.54, 1.807) is 0 Å². The molecule has 0 aromatic carbocycles. The number of hydrogen-bond donors (Lipinski definition) is 1. The fourth-order valence-electron chi connectivity index (χ4n) is 2.84. The first kappa shape index (κ1) is 7.60. The molecule has 3 aliphatic rings. The van der Waals surface area contributed by atoms with E-state index in [-0.39, 0.29) is 0 Å². The monoisotopic (exact) mass is 153 g/mol. The van der Waals surface area contributed by atoms with Crippen LogP contribution in [-0.4, -0.2) is 12.6 Å².